The maximum absolute atomic E-state index is 13.4. The van der Waals surface area contributed by atoms with Crippen LogP contribution in [0.4, 0.5) is 16.2 Å². The molecule has 1 aliphatic rings. The van der Waals surface area contributed by atoms with E-state index in [1.54, 1.807) is 48.5 Å². The number of anilines is 2. The van der Waals surface area contributed by atoms with E-state index in [0.717, 1.165) is 21.9 Å². The Hall–Kier alpha value is -3.85. The molecule has 0 saturated carbocycles. The van der Waals surface area contributed by atoms with Crippen LogP contribution in [-0.2, 0) is 16.1 Å². The normalized spacial score (nSPS) is 15.4. The summed E-state index contributed by atoms with van der Waals surface area (Å²) in [4.78, 5) is 43.2. The summed E-state index contributed by atoms with van der Waals surface area (Å²) in [6.45, 7) is 2.89. The third-order valence-electron chi connectivity index (χ3n) is 5.53. The SMILES string of the molecule is CCCOc1ccc(NC(=O)C[C@H]2C(=O)N(c3cccc(OC)c3)C(=O)N2Cc2cccs2)cc1. The summed E-state index contributed by atoms with van der Waals surface area (Å²) in [5, 5.41) is 4.73. The molecule has 0 radical (unpaired) electrons. The Labute approximate surface area is 208 Å². The third kappa shape index (κ3) is 5.63. The number of hydrogen-bond acceptors (Lipinski definition) is 6. The molecule has 1 fully saturated rings. The molecular formula is C26H27N3O5S. The van der Waals surface area contributed by atoms with E-state index in [4.69, 9.17) is 9.47 Å². The molecule has 0 spiro atoms. The van der Waals surface area contributed by atoms with Gasteiger partial charge in [0.2, 0.25) is 5.91 Å². The van der Waals surface area contributed by atoms with E-state index >= 15 is 0 Å². The second-order valence-corrected chi connectivity index (χ2v) is 9.04. The second kappa shape index (κ2) is 11.1. The maximum Gasteiger partial charge on any atom is 0.332 e. The Balaban J connectivity index is 1.52. The number of urea groups is 1. The second-order valence-electron chi connectivity index (χ2n) is 8.01. The number of rotatable bonds is 10. The molecule has 4 rings (SSSR count). The fraction of sp³-hybridized carbons (Fsp3) is 0.269. The van der Waals surface area contributed by atoms with E-state index in [2.05, 4.69) is 5.32 Å². The predicted molar refractivity (Wildman–Crippen MR) is 135 cm³/mol. The fourth-order valence-corrected chi connectivity index (χ4v) is 4.52. The molecule has 0 aliphatic carbocycles. The van der Waals surface area contributed by atoms with Gasteiger partial charge in [-0.15, -0.1) is 11.3 Å². The van der Waals surface area contributed by atoms with E-state index in [1.165, 1.54) is 23.3 Å². The summed E-state index contributed by atoms with van der Waals surface area (Å²) >= 11 is 1.49. The van der Waals surface area contributed by atoms with E-state index in [0.29, 0.717) is 23.7 Å². The largest absolute Gasteiger partial charge is 0.497 e. The number of hydrogen-bond donors (Lipinski definition) is 1. The zero-order valence-corrected chi connectivity index (χ0v) is 20.4. The van der Waals surface area contributed by atoms with Gasteiger partial charge in [0.25, 0.3) is 5.91 Å². The van der Waals surface area contributed by atoms with Crippen molar-refractivity contribution in [1.29, 1.82) is 0 Å². The number of nitrogens with zero attached hydrogens (tertiary/aromatic N) is 2. The zero-order chi connectivity index (χ0) is 24.8. The summed E-state index contributed by atoms with van der Waals surface area (Å²) < 4.78 is 10.8. The lowest BCUT2D eigenvalue weighted by molar-refractivity contribution is -0.124. The molecular weight excluding hydrogens is 466 g/mol. The van der Waals surface area contributed by atoms with Gasteiger partial charge >= 0.3 is 6.03 Å². The quantitative estimate of drug-likeness (QED) is 0.406. The van der Waals surface area contributed by atoms with Crippen molar-refractivity contribution in [1.82, 2.24) is 4.90 Å². The van der Waals surface area contributed by atoms with Gasteiger partial charge in [0, 0.05) is 16.6 Å². The van der Waals surface area contributed by atoms with Crippen LogP contribution in [-0.4, -0.2) is 42.5 Å². The minimum atomic E-state index is -0.928. The van der Waals surface area contributed by atoms with Crippen LogP contribution in [0.1, 0.15) is 24.6 Å². The van der Waals surface area contributed by atoms with Gasteiger partial charge in [0.05, 0.1) is 32.4 Å². The molecule has 3 aromatic rings. The van der Waals surface area contributed by atoms with Crippen molar-refractivity contribution in [3.63, 3.8) is 0 Å². The van der Waals surface area contributed by atoms with Crippen LogP contribution < -0.4 is 19.7 Å². The van der Waals surface area contributed by atoms with Crippen molar-refractivity contribution in [2.45, 2.75) is 32.4 Å². The standard InChI is InChI=1S/C26H27N3O5S/c1-3-13-34-20-11-9-18(10-12-20)27-24(30)16-23-25(31)29(19-6-4-7-21(15-19)33-2)26(32)28(23)17-22-8-5-14-35-22/h4-12,14-15,23H,3,13,16-17H2,1-2H3,(H,27,30)/t23-/m0/s1. The van der Waals surface area contributed by atoms with Gasteiger partial charge in [0.15, 0.2) is 0 Å². The highest BCUT2D eigenvalue weighted by molar-refractivity contribution is 7.09. The molecule has 2 heterocycles. The molecule has 1 aromatic heterocycles. The third-order valence-corrected chi connectivity index (χ3v) is 6.39. The van der Waals surface area contributed by atoms with Crippen LogP contribution in [0.25, 0.3) is 0 Å². The number of thiophene rings is 1. The Morgan fingerprint density at radius 1 is 1.06 bits per heavy atom. The molecule has 8 nitrogen and oxygen atoms in total. The predicted octanol–water partition coefficient (Wildman–Crippen LogP) is 4.91. The van der Waals surface area contributed by atoms with Gasteiger partial charge in [-0.25, -0.2) is 9.69 Å². The number of amides is 4. The monoisotopic (exact) mass is 493 g/mol. The van der Waals surface area contributed by atoms with Crippen molar-refractivity contribution in [2.75, 3.05) is 23.9 Å². The number of benzene rings is 2. The van der Waals surface area contributed by atoms with E-state index in [9.17, 15) is 14.4 Å². The maximum atomic E-state index is 13.4. The number of nitrogens with one attached hydrogen (secondary N) is 1. The van der Waals surface area contributed by atoms with Crippen molar-refractivity contribution in [3.8, 4) is 11.5 Å². The summed E-state index contributed by atoms with van der Waals surface area (Å²) in [6, 6.07) is 16.2. The summed E-state index contributed by atoms with van der Waals surface area (Å²) in [6.07, 6.45) is 0.742. The van der Waals surface area contributed by atoms with E-state index < -0.39 is 18.0 Å². The van der Waals surface area contributed by atoms with Crippen LogP contribution in [0.5, 0.6) is 11.5 Å². The molecule has 35 heavy (non-hydrogen) atoms. The lowest BCUT2D eigenvalue weighted by atomic mass is 10.1. The molecule has 2 aromatic carbocycles. The Kier molecular flexibility index (Phi) is 7.67. The van der Waals surface area contributed by atoms with Crippen LogP contribution in [0.15, 0.2) is 66.0 Å². The molecule has 9 heteroatoms. The molecule has 1 atom stereocenters. The summed E-state index contributed by atoms with van der Waals surface area (Å²) in [5.74, 6) is 0.443. The highest BCUT2D eigenvalue weighted by Gasteiger charge is 2.46. The molecule has 1 N–H and O–H groups in total. The van der Waals surface area contributed by atoms with Gasteiger partial charge in [-0.3, -0.25) is 9.59 Å². The minimum Gasteiger partial charge on any atom is -0.497 e. The Bertz CT molecular complexity index is 1180. The first kappa shape index (κ1) is 24.3. The lowest BCUT2D eigenvalue weighted by Gasteiger charge is -2.21. The average molecular weight is 494 g/mol. The number of methoxy groups -OCH3 is 1. The van der Waals surface area contributed by atoms with Crippen LogP contribution in [0.2, 0.25) is 0 Å². The molecule has 0 bridgehead atoms. The molecule has 0 unspecified atom stereocenters. The molecule has 1 aliphatic heterocycles. The average Bonchev–Trinajstić information content (AvgIpc) is 3.46. The van der Waals surface area contributed by atoms with Crippen molar-refractivity contribution in [2.24, 2.45) is 0 Å². The summed E-state index contributed by atoms with van der Waals surface area (Å²) in [5.41, 5.74) is 0.992. The van der Waals surface area contributed by atoms with Gasteiger partial charge < -0.3 is 19.7 Å². The van der Waals surface area contributed by atoms with E-state index in [-0.39, 0.29) is 18.9 Å². The van der Waals surface area contributed by atoms with Crippen molar-refractivity contribution < 1.29 is 23.9 Å². The van der Waals surface area contributed by atoms with Gasteiger partial charge in [-0.2, -0.15) is 0 Å². The smallest absolute Gasteiger partial charge is 0.332 e. The number of ether oxygens (including phenoxy) is 2. The molecule has 4 amide bonds. The van der Waals surface area contributed by atoms with Crippen LogP contribution in [0, 0.1) is 0 Å². The zero-order valence-electron chi connectivity index (χ0n) is 19.6. The Morgan fingerprint density at radius 3 is 2.54 bits per heavy atom. The number of imide groups is 1. The van der Waals surface area contributed by atoms with Crippen molar-refractivity contribution >= 4 is 40.6 Å². The highest BCUT2D eigenvalue weighted by Crippen LogP contribution is 2.31. The first-order valence-corrected chi connectivity index (χ1v) is 12.2. The summed E-state index contributed by atoms with van der Waals surface area (Å²) in [7, 11) is 1.52. The number of carbonyl (C=O) groups is 3. The fourth-order valence-electron chi connectivity index (χ4n) is 3.81. The lowest BCUT2D eigenvalue weighted by Crippen LogP contribution is -2.37. The Morgan fingerprint density at radius 2 is 1.86 bits per heavy atom. The number of carbonyl (C=O) groups excluding carboxylic acids is 3. The topological polar surface area (TPSA) is 88.2 Å². The van der Waals surface area contributed by atoms with Crippen molar-refractivity contribution in [3.05, 3.63) is 70.9 Å². The highest BCUT2D eigenvalue weighted by atomic mass is 32.1. The van der Waals surface area contributed by atoms with Gasteiger partial charge in [-0.05, 0) is 54.3 Å². The van der Waals surface area contributed by atoms with Crippen LogP contribution >= 0.6 is 11.3 Å². The van der Waals surface area contributed by atoms with E-state index in [1.807, 2.05) is 24.4 Å². The first-order chi connectivity index (χ1) is 17.0. The van der Waals surface area contributed by atoms with Gasteiger partial charge in [0.1, 0.15) is 17.5 Å². The minimum absolute atomic E-state index is 0.162. The van der Waals surface area contributed by atoms with Crippen LogP contribution in [0.3, 0.4) is 0 Å². The van der Waals surface area contributed by atoms with Gasteiger partial charge in [-0.1, -0.05) is 19.1 Å². The molecule has 182 valence electrons. The first-order valence-electron chi connectivity index (χ1n) is 11.3. The molecule has 1 saturated heterocycles.